The maximum atomic E-state index is 5.35. The van der Waals surface area contributed by atoms with Gasteiger partial charge in [-0.15, -0.1) is 0 Å². The van der Waals surface area contributed by atoms with Crippen LogP contribution in [0.2, 0.25) is 0 Å². The highest BCUT2D eigenvalue weighted by atomic mass is 16.5. The van der Waals surface area contributed by atoms with Gasteiger partial charge in [0.15, 0.2) is 0 Å². The molecule has 0 atom stereocenters. The van der Waals surface area contributed by atoms with E-state index in [0.29, 0.717) is 0 Å². The third-order valence-electron chi connectivity index (χ3n) is 0.827. The zero-order valence-electron chi connectivity index (χ0n) is 7.89. The normalized spacial score (nSPS) is 16.4. The van der Waals surface area contributed by atoms with Crippen molar-refractivity contribution in [2.45, 2.75) is 39.2 Å². The fourth-order valence-electron chi connectivity index (χ4n) is 0.510. The molecule has 0 spiro atoms. The van der Waals surface area contributed by atoms with E-state index in [-0.39, 0.29) is 14.0 Å². The molecule has 0 aromatic rings. The molecule has 1 aliphatic rings. The Labute approximate surface area is 72.1 Å². The molecular weight excluding hydrogens is 137 g/mol. The molecule has 1 aliphatic heterocycles. The van der Waals surface area contributed by atoms with Gasteiger partial charge in [0.25, 0.3) is 0 Å². The average molecular weight is 156 g/mol. The summed E-state index contributed by atoms with van der Waals surface area (Å²) >= 11 is 0. The van der Waals surface area contributed by atoms with Gasteiger partial charge < -0.3 is 10.5 Å². The molecular formula is C8H19BNO. The van der Waals surface area contributed by atoms with Crippen molar-refractivity contribution >= 4 is 8.41 Å². The molecule has 65 valence electrons. The second-order valence-electron chi connectivity index (χ2n) is 3.69. The molecule has 0 aromatic heterocycles. The smallest absolute Gasteiger partial charge is 0.0466 e. The first kappa shape index (κ1) is 13.6. The van der Waals surface area contributed by atoms with Gasteiger partial charge in [0.1, 0.15) is 0 Å². The van der Waals surface area contributed by atoms with Crippen LogP contribution in [-0.4, -0.2) is 27.2 Å². The van der Waals surface area contributed by atoms with E-state index in [2.05, 4.69) is 0 Å². The van der Waals surface area contributed by atoms with Crippen LogP contribution < -0.4 is 5.73 Å². The Morgan fingerprint density at radius 1 is 1.09 bits per heavy atom. The molecule has 1 rings (SSSR count). The molecule has 0 saturated carbocycles. The lowest BCUT2D eigenvalue weighted by molar-refractivity contribution is 0.198. The number of hydrogen-bond acceptors (Lipinski definition) is 2. The minimum atomic E-state index is 0. The molecule has 1 heterocycles. The van der Waals surface area contributed by atoms with Crippen LogP contribution in [0.3, 0.4) is 0 Å². The Morgan fingerprint density at radius 2 is 1.36 bits per heavy atom. The van der Waals surface area contributed by atoms with Gasteiger partial charge in [-0.1, -0.05) is 0 Å². The van der Waals surface area contributed by atoms with Crippen LogP contribution in [0.5, 0.6) is 0 Å². The van der Waals surface area contributed by atoms with Crippen LogP contribution in [0.4, 0.5) is 0 Å². The predicted molar refractivity (Wildman–Crippen MR) is 49.7 cm³/mol. The summed E-state index contributed by atoms with van der Waals surface area (Å²) in [6, 6.07) is 0. The molecule has 3 radical (unpaired) electrons. The summed E-state index contributed by atoms with van der Waals surface area (Å²) in [5, 5.41) is 0. The van der Waals surface area contributed by atoms with Gasteiger partial charge in [0.2, 0.25) is 0 Å². The van der Waals surface area contributed by atoms with E-state index in [4.69, 9.17) is 10.5 Å². The monoisotopic (exact) mass is 156 g/mol. The molecule has 1 fully saturated rings. The average Bonchev–Trinajstić information content (AvgIpc) is 2.07. The van der Waals surface area contributed by atoms with Crippen molar-refractivity contribution in [1.82, 2.24) is 0 Å². The fraction of sp³-hybridized carbons (Fsp3) is 1.00. The van der Waals surface area contributed by atoms with E-state index in [9.17, 15) is 0 Å². The van der Waals surface area contributed by atoms with E-state index in [1.54, 1.807) is 0 Å². The highest BCUT2D eigenvalue weighted by molar-refractivity contribution is 5.75. The van der Waals surface area contributed by atoms with Gasteiger partial charge in [-0.3, -0.25) is 0 Å². The maximum absolute atomic E-state index is 5.35. The van der Waals surface area contributed by atoms with Gasteiger partial charge in [-0.05, 0) is 33.6 Å². The number of nitrogens with two attached hydrogens (primary N) is 1. The van der Waals surface area contributed by atoms with Crippen LogP contribution in [-0.2, 0) is 4.74 Å². The summed E-state index contributed by atoms with van der Waals surface area (Å²) in [5.74, 6) is 0. The lowest BCUT2D eigenvalue weighted by Crippen LogP contribution is -2.26. The van der Waals surface area contributed by atoms with Crippen molar-refractivity contribution in [3.8, 4) is 0 Å². The first-order chi connectivity index (χ1) is 4.50. The second-order valence-corrected chi connectivity index (χ2v) is 3.69. The third-order valence-corrected chi connectivity index (χ3v) is 0.827. The molecule has 2 N–H and O–H groups in total. The Hall–Kier alpha value is -0.0151. The summed E-state index contributed by atoms with van der Waals surface area (Å²) < 4.78 is 4.94. The van der Waals surface area contributed by atoms with Crippen molar-refractivity contribution in [2.75, 3.05) is 13.2 Å². The summed E-state index contributed by atoms with van der Waals surface area (Å²) in [7, 11) is 0. The van der Waals surface area contributed by atoms with E-state index in [0.717, 1.165) is 13.2 Å². The summed E-state index contributed by atoms with van der Waals surface area (Å²) in [5.41, 5.74) is 5.35. The molecule has 0 unspecified atom stereocenters. The van der Waals surface area contributed by atoms with E-state index < -0.39 is 0 Å². The minimum Gasteiger partial charge on any atom is -0.381 e. The maximum Gasteiger partial charge on any atom is 0.0466 e. The standard InChI is InChI=1S/C4H11N.C4H8O.B/c1-4(2,3)5;1-2-4-5-3-1;/h5H2,1-3H3;1-4H2;. The van der Waals surface area contributed by atoms with Crippen LogP contribution in [0.15, 0.2) is 0 Å². The highest BCUT2D eigenvalue weighted by Crippen LogP contribution is 1.98. The first-order valence-corrected chi connectivity index (χ1v) is 3.87. The summed E-state index contributed by atoms with van der Waals surface area (Å²) in [4.78, 5) is 0. The molecule has 0 bridgehead atoms. The van der Waals surface area contributed by atoms with Crippen LogP contribution >= 0.6 is 0 Å². The van der Waals surface area contributed by atoms with Gasteiger partial charge in [-0.2, -0.15) is 0 Å². The van der Waals surface area contributed by atoms with Crippen molar-refractivity contribution < 1.29 is 4.74 Å². The Balaban J connectivity index is 0. The van der Waals surface area contributed by atoms with E-state index >= 15 is 0 Å². The number of hydrogen-bond donors (Lipinski definition) is 1. The summed E-state index contributed by atoms with van der Waals surface area (Å²) in [6.07, 6.45) is 2.56. The van der Waals surface area contributed by atoms with Crippen LogP contribution in [0.1, 0.15) is 33.6 Å². The van der Waals surface area contributed by atoms with Crippen molar-refractivity contribution in [1.29, 1.82) is 0 Å². The van der Waals surface area contributed by atoms with Crippen LogP contribution in [0, 0.1) is 0 Å². The largest absolute Gasteiger partial charge is 0.381 e. The van der Waals surface area contributed by atoms with Crippen molar-refractivity contribution in [2.24, 2.45) is 5.73 Å². The SMILES string of the molecule is C1CCOC1.CC(C)(C)N.[B]. The molecule has 0 aliphatic carbocycles. The van der Waals surface area contributed by atoms with E-state index in [1.165, 1.54) is 12.8 Å². The Bertz CT molecular complexity index is 63.0. The van der Waals surface area contributed by atoms with Gasteiger partial charge in [-0.25, -0.2) is 0 Å². The zero-order valence-corrected chi connectivity index (χ0v) is 7.89. The lowest BCUT2D eigenvalue weighted by atomic mass is 10.1. The van der Waals surface area contributed by atoms with Crippen molar-refractivity contribution in [3.63, 3.8) is 0 Å². The Morgan fingerprint density at radius 3 is 1.45 bits per heavy atom. The topological polar surface area (TPSA) is 35.2 Å². The molecule has 3 heteroatoms. The molecule has 0 amide bonds. The first-order valence-electron chi connectivity index (χ1n) is 3.87. The number of ether oxygens (including phenoxy) is 1. The Kier molecular flexibility index (Phi) is 8.24. The minimum absolute atomic E-state index is 0. The number of rotatable bonds is 0. The third kappa shape index (κ3) is 25.6. The fourth-order valence-corrected chi connectivity index (χ4v) is 0.510. The van der Waals surface area contributed by atoms with Gasteiger partial charge in [0.05, 0.1) is 0 Å². The summed E-state index contributed by atoms with van der Waals surface area (Å²) in [6.45, 7) is 7.90. The second kappa shape index (κ2) is 6.68. The zero-order chi connectivity index (χ0) is 8.04. The lowest BCUT2D eigenvalue weighted by Gasteiger charge is -2.06. The molecule has 2 nitrogen and oxygen atoms in total. The van der Waals surface area contributed by atoms with Gasteiger partial charge >= 0.3 is 0 Å². The molecule has 1 saturated heterocycles. The molecule has 0 aromatic carbocycles. The van der Waals surface area contributed by atoms with Crippen LogP contribution in [0.25, 0.3) is 0 Å². The predicted octanol–water partition coefficient (Wildman–Crippen LogP) is 1.16. The van der Waals surface area contributed by atoms with Gasteiger partial charge in [0, 0.05) is 27.2 Å². The van der Waals surface area contributed by atoms with E-state index in [1.807, 2.05) is 20.8 Å². The highest BCUT2D eigenvalue weighted by Gasteiger charge is 1.95. The van der Waals surface area contributed by atoms with Crippen molar-refractivity contribution in [3.05, 3.63) is 0 Å². The quantitative estimate of drug-likeness (QED) is 0.534. The molecule has 11 heavy (non-hydrogen) atoms.